The number of rotatable bonds is 35. The minimum atomic E-state index is -0.220. The molecule has 0 saturated carbocycles. The SMILES string of the molecule is C=C(OC(CCCCCC(C)(C)CCCCCCCCCC)CCCCCC(C)(C)C(=O)SCCCCCCCCCC)C1CCN(C(C)C)CC1. The van der Waals surface area contributed by atoms with Gasteiger partial charge >= 0.3 is 0 Å². The van der Waals surface area contributed by atoms with E-state index >= 15 is 0 Å². The standard InChI is InChI=1S/C48H93NO2S/c1-10-12-14-16-18-20-22-28-36-47(6,7)37-29-24-26-32-45(51-43(5)44-34-39-49(40-35-44)42(3)4)33-27-25-30-38-48(8,9)46(50)52-41-31-23-21-19-17-15-13-11-2/h42,44-45H,5,10-41H2,1-4,6-9H3. The van der Waals surface area contributed by atoms with Crippen LogP contribution in [0.3, 0.4) is 0 Å². The lowest BCUT2D eigenvalue weighted by Crippen LogP contribution is -2.39. The zero-order chi connectivity index (χ0) is 38.5. The summed E-state index contributed by atoms with van der Waals surface area (Å²) in [5.41, 5.74) is 0.250. The Morgan fingerprint density at radius 1 is 0.654 bits per heavy atom. The first-order valence-electron chi connectivity index (χ1n) is 23.2. The molecule has 52 heavy (non-hydrogen) atoms. The highest BCUT2D eigenvalue weighted by molar-refractivity contribution is 8.13. The number of hydrogen-bond acceptors (Lipinski definition) is 4. The summed E-state index contributed by atoms with van der Waals surface area (Å²) in [7, 11) is 0. The van der Waals surface area contributed by atoms with Crippen molar-refractivity contribution in [2.24, 2.45) is 16.7 Å². The second-order valence-corrected chi connectivity index (χ2v) is 19.8. The van der Waals surface area contributed by atoms with Gasteiger partial charge in [0.15, 0.2) is 5.12 Å². The molecule has 1 rings (SSSR count). The molecular formula is C48H93NO2S. The van der Waals surface area contributed by atoms with E-state index in [1.54, 1.807) is 11.8 Å². The van der Waals surface area contributed by atoms with Crippen molar-refractivity contribution in [3.05, 3.63) is 12.3 Å². The van der Waals surface area contributed by atoms with Crippen LogP contribution in [-0.2, 0) is 9.53 Å². The zero-order valence-corrected chi connectivity index (χ0v) is 37.6. The van der Waals surface area contributed by atoms with Crippen LogP contribution in [0.2, 0.25) is 0 Å². The Morgan fingerprint density at radius 3 is 1.56 bits per heavy atom. The molecule has 0 aromatic heterocycles. The van der Waals surface area contributed by atoms with Crippen molar-refractivity contribution in [1.29, 1.82) is 0 Å². The van der Waals surface area contributed by atoms with Crippen molar-refractivity contribution in [3.8, 4) is 0 Å². The molecule has 0 radical (unpaired) electrons. The van der Waals surface area contributed by atoms with Gasteiger partial charge < -0.3 is 9.64 Å². The number of allylic oxidation sites excluding steroid dienone is 1. The van der Waals surface area contributed by atoms with E-state index < -0.39 is 0 Å². The molecule has 0 bridgehead atoms. The number of unbranched alkanes of at least 4 members (excludes halogenated alkanes) is 18. The van der Waals surface area contributed by atoms with Crippen LogP contribution in [0.15, 0.2) is 12.3 Å². The number of hydrogen-bond donors (Lipinski definition) is 0. The summed E-state index contributed by atoms with van der Waals surface area (Å²) in [6, 6.07) is 0.627. The van der Waals surface area contributed by atoms with Gasteiger partial charge in [0.2, 0.25) is 0 Å². The summed E-state index contributed by atoms with van der Waals surface area (Å²) in [5.74, 6) is 2.55. The molecule has 1 fully saturated rings. The zero-order valence-electron chi connectivity index (χ0n) is 36.7. The van der Waals surface area contributed by atoms with Gasteiger partial charge in [-0.15, -0.1) is 0 Å². The minimum Gasteiger partial charge on any atom is -0.495 e. The molecule has 1 atom stereocenters. The largest absolute Gasteiger partial charge is 0.495 e. The average molecular weight is 748 g/mol. The Hall–Kier alpha value is -0.480. The normalized spacial score (nSPS) is 15.4. The van der Waals surface area contributed by atoms with Gasteiger partial charge in [0, 0.05) is 23.1 Å². The second-order valence-electron chi connectivity index (χ2n) is 18.7. The van der Waals surface area contributed by atoms with Gasteiger partial charge in [-0.25, -0.2) is 0 Å². The van der Waals surface area contributed by atoms with E-state index in [0.29, 0.717) is 22.5 Å². The van der Waals surface area contributed by atoms with Gasteiger partial charge in [-0.05, 0) is 96.6 Å². The van der Waals surface area contributed by atoms with Crippen LogP contribution in [0.1, 0.15) is 242 Å². The summed E-state index contributed by atoms with van der Waals surface area (Å²) < 4.78 is 6.75. The molecule has 0 spiro atoms. The first-order chi connectivity index (χ1) is 24.9. The quantitative estimate of drug-likeness (QED) is 0.0477. The molecule has 0 N–H and O–H groups in total. The predicted octanol–water partition coefficient (Wildman–Crippen LogP) is 15.9. The maximum Gasteiger partial charge on any atom is 0.194 e. The Bertz CT molecular complexity index is 858. The highest BCUT2D eigenvalue weighted by Gasteiger charge is 2.28. The maximum atomic E-state index is 13.1. The van der Waals surface area contributed by atoms with E-state index in [-0.39, 0.29) is 11.5 Å². The smallest absolute Gasteiger partial charge is 0.194 e. The van der Waals surface area contributed by atoms with Gasteiger partial charge in [0.1, 0.15) is 0 Å². The fourth-order valence-corrected chi connectivity index (χ4v) is 9.17. The van der Waals surface area contributed by atoms with Crippen LogP contribution < -0.4 is 0 Å². The summed E-state index contributed by atoms with van der Waals surface area (Å²) in [6.07, 6.45) is 38.0. The van der Waals surface area contributed by atoms with E-state index in [2.05, 4.69) is 66.9 Å². The first-order valence-corrected chi connectivity index (χ1v) is 24.2. The molecule has 1 saturated heterocycles. The van der Waals surface area contributed by atoms with Crippen molar-refractivity contribution in [2.75, 3.05) is 18.8 Å². The third-order valence-corrected chi connectivity index (χ3v) is 13.5. The number of likely N-dealkylation sites (tertiary alicyclic amines) is 1. The fraction of sp³-hybridized carbons (Fsp3) is 0.938. The second kappa shape index (κ2) is 30.7. The van der Waals surface area contributed by atoms with E-state index in [1.807, 2.05) is 0 Å². The molecule has 0 aromatic rings. The van der Waals surface area contributed by atoms with Gasteiger partial charge in [0.25, 0.3) is 0 Å². The van der Waals surface area contributed by atoms with Crippen LogP contribution in [0.5, 0.6) is 0 Å². The van der Waals surface area contributed by atoms with Crippen molar-refractivity contribution in [3.63, 3.8) is 0 Å². The van der Waals surface area contributed by atoms with E-state index in [1.165, 1.54) is 161 Å². The van der Waals surface area contributed by atoms with Crippen LogP contribution >= 0.6 is 11.8 Å². The molecule has 1 heterocycles. The summed E-state index contributed by atoms with van der Waals surface area (Å²) in [4.78, 5) is 15.7. The third-order valence-electron chi connectivity index (χ3n) is 12.2. The lowest BCUT2D eigenvalue weighted by Gasteiger charge is -2.36. The van der Waals surface area contributed by atoms with Crippen LogP contribution in [0, 0.1) is 16.7 Å². The lowest BCUT2D eigenvalue weighted by molar-refractivity contribution is -0.118. The average Bonchev–Trinajstić information content (AvgIpc) is 3.11. The number of nitrogens with zero attached hydrogens (tertiary/aromatic N) is 1. The van der Waals surface area contributed by atoms with Crippen LogP contribution in [0.25, 0.3) is 0 Å². The molecule has 3 nitrogen and oxygen atoms in total. The Kier molecular flexibility index (Phi) is 29.3. The van der Waals surface area contributed by atoms with Crippen molar-refractivity contribution in [2.45, 2.75) is 254 Å². The van der Waals surface area contributed by atoms with Gasteiger partial charge in [-0.3, -0.25) is 4.79 Å². The van der Waals surface area contributed by atoms with E-state index in [9.17, 15) is 4.79 Å². The topological polar surface area (TPSA) is 29.5 Å². The molecule has 0 amide bonds. The Labute approximate surface area is 331 Å². The summed E-state index contributed by atoms with van der Waals surface area (Å²) in [6.45, 7) is 25.4. The third kappa shape index (κ3) is 25.6. The maximum absolute atomic E-state index is 13.1. The Balaban J connectivity index is 2.42. The molecule has 4 heteroatoms. The van der Waals surface area contributed by atoms with Crippen molar-refractivity contribution < 1.29 is 9.53 Å². The van der Waals surface area contributed by atoms with E-state index in [0.717, 1.165) is 50.3 Å². The van der Waals surface area contributed by atoms with E-state index in [4.69, 9.17) is 4.74 Å². The van der Waals surface area contributed by atoms with Crippen LogP contribution in [0.4, 0.5) is 0 Å². The molecule has 308 valence electrons. The first kappa shape index (κ1) is 49.5. The number of thioether (sulfide) groups is 1. The predicted molar refractivity (Wildman–Crippen MR) is 234 cm³/mol. The molecule has 1 aliphatic rings. The molecular weight excluding hydrogens is 655 g/mol. The van der Waals surface area contributed by atoms with Crippen LogP contribution in [-0.4, -0.2) is 41.0 Å². The van der Waals surface area contributed by atoms with Gasteiger partial charge in [-0.2, -0.15) is 0 Å². The fourth-order valence-electron chi connectivity index (χ4n) is 8.14. The molecule has 0 aliphatic carbocycles. The molecule has 0 aromatic carbocycles. The highest BCUT2D eigenvalue weighted by atomic mass is 32.2. The van der Waals surface area contributed by atoms with Gasteiger partial charge in [-0.1, -0.05) is 182 Å². The number of carbonyl (C=O) groups is 1. The Morgan fingerprint density at radius 2 is 1.08 bits per heavy atom. The monoisotopic (exact) mass is 748 g/mol. The number of piperidine rings is 1. The molecule has 1 unspecified atom stereocenters. The van der Waals surface area contributed by atoms with Crippen molar-refractivity contribution >= 4 is 16.9 Å². The summed E-state index contributed by atoms with van der Waals surface area (Å²) >= 11 is 1.60. The van der Waals surface area contributed by atoms with Gasteiger partial charge in [0.05, 0.1) is 11.9 Å². The molecule has 1 aliphatic heterocycles. The number of ether oxygens (including phenoxy) is 1. The summed E-state index contributed by atoms with van der Waals surface area (Å²) in [5, 5.41) is 0.400. The minimum absolute atomic E-state index is 0.220. The lowest BCUT2D eigenvalue weighted by atomic mass is 9.81. The van der Waals surface area contributed by atoms with Crippen molar-refractivity contribution in [1.82, 2.24) is 4.90 Å². The number of carbonyl (C=O) groups excluding carboxylic acids is 1. The highest BCUT2D eigenvalue weighted by Crippen LogP contribution is 2.33.